The van der Waals surface area contributed by atoms with Gasteiger partial charge in [-0.2, -0.15) is 11.8 Å². The van der Waals surface area contributed by atoms with Crippen LogP contribution in [0, 0.1) is 0 Å². The Morgan fingerprint density at radius 1 is 1.24 bits per heavy atom. The molecule has 2 unspecified atom stereocenters. The Hall–Kier alpha value is -1.03. The Bertz CT molecular complexity index is 599. The molecule has 112 valence electrons. The maximum Gasteiger partial charge on any atom is 0.0471 e. The minimum atomic E-state index is 0.351. The van der Waals surface area contributed by atoms with E-state index in [0.717, 1.165) is 18.3 Å². The molecule has 1 heterocycles. The maximum atomic E-state index is 6.12. The average Bonchev–Trinajstić information content (AvgIpc) is 2.56. The van der Waals surface area contributed by atoms with Crippen LogP contribution in [0.5, 0.6) is 0 Å². The predicted molar refractivity (Wildman–Crippen MR) is 93.9 cm³/mol. The molecule has 1 fully saturated rings. The van der Waals surface area contributed by atoms with Crippen molar-refractivity contribution in [2.75, 3.05) is 25.4 Å². The van der Waals surface area contributed by atoms with Crippen LogP contribution in [0.15, 0.2) is 42.5 Å². The topological polar surface area (TPSA) is 29.3 Å². The van der Waals surface area contributed by atoms with Gasteiger partial charge in [-0.05, 0) is 28.8 Å². The molecule has 2 aromatic carbocycles. The molecule has 2 atom stereocenters. The molecule has 0 aromatic heterocycles. The number of thioether (sulfide) groups is 1. The van der Waals surface area contributed by atoms with Crippen molar-refractivity contribution in [1.82, 2.24) is 4.90 Å². The number of fused-ring (bicyclic) bond motifs is 1. The van der Waals surface area contributed by atoms with Crippen molar-refractivity contribution in [2.45, 2.75) is 24.6 Å². The molecular formula is C18H24N2S. The van der Waals surface area contributed by atoms with E-state index in [0.29, 0.717) is 12.6 Å². The van der Waals surface area contributed by atoms with Gasteiger partial charge in [0.25, 0.3) is 0 Å². The minimum absolute atomic E-state index is 0.351. The second-order valence-electron chi connectivity index (χ2n) is 5.75. The van der Waals surface area contributed by atoms with Crippen molar-refractivity contribution in [2.24, 2.45) is 5.73 Å². The van der Waals surface area contributed by atoms with Gasteiger partial charge >= 0.3 is 0 Å². The summed E-state index contributed by atoms with van der Waals surface area (Å²) in [7, 11) is 0. The summed E-state index contributed by atoms with van der Waals surface area (Å²) in [5, 5.41) is 3.37. The van der Waals surface area contributed by atoms with Crippen molar-refractivity contribution in [3.63, 3.8) is 0 Å². The van der Waals surface area contributed by atoms with Crippen LogP contribution in [0.4, 0.5) is 0 Å². The van der Waals surface area contributed by atoms with E-state index in [1.54, 1.807) is 0 Å². The van der Waals surface area contributed by atoms with Crippen LogP contribution in [-0.2, 0) is 0 Å². The fourth-order valence-corrected chi connectivity index (χ4v) is 4.39. The Morgan fingerprint density at radius 3 is 2.81 bits per heavy atom. The van der Waals surface area contributed by atoms with Gasteiger partial charge in [-0.1, -0.05) is 43.3 Å². The van der Waals surface area contributed by atoms with Gasteiger partial charge in [-0.25, -0.2) is 0 Å². The third-order valence-electron chi connectivity index (χ3n) is 4.45. The Labute approximate surface area is 131 Å². The van der Waals surface area contributed by atoms with Crippen LogP contribution in [0.25, 0.3) is 10.8 Å². The first-order valence-corrected chi connectivity index (χ1v) is 8.91. The summed E-state index contributed by atoms with van der Waals surface area (Å²) in [4.78, 5) is 2.58. The van der Waals surface area contributed by atoms with Gasteiger partial charge in [0, 0.05) is 36.7 Å². The standard InChI is InChI=1S/C18H24N2S/c1-2-17-13-20(9-10-21-17)18(12-19)16-8-7-14-5-3-4-6-15(14)11-16/h3-8,11,17-18H,2,9-10,12-13,19H2,1H3. The zero-order valence-electron chi connectivity index (χ0n) is 12.7. The van der Waals surface area contributed by atoms with Crippen LogP contribution in [0.2, 0.25) is 0 Å². The molecule has 0 amide bonds. The largest absolute Gasteiger partial charge is 0.329 e. The number of hydrogen-bond donors (Lipinski definition) is 1. The smallest absolute Gasteiger partial charge is 0.0471 e. The SMILES string of the molecule is CCC1CN(C(CN)c2ccc3ccccc3c2)CCS1. The van der Waals surface area contributed by atoms with Crippen molar-refractivity contribution < 1.29 is 0 Å². The molecule has 2 nitrogen and oxygen atoms in total. The lowest BCUT2D eigenvalue weighted by atomic mass is 10.0. The van der Waals surface area contributed by atoms with Gasteiger partial charge in [0.15, 0.2) is 0 Å². The number of benzene rings is 2. The summed E-state index contributed by atoms with van der Waals surface area (Å²) in [6.07, 6.45) is 1.25. The summed E-state index contributed by atoms with van der Waals surface area (Å²) >= 11 is 2.11. The molecule has 3 rings (SSSR count). The van der Waals surface area contributed by atoms with E-state index in [2.05, 4.69) is 66.1 Å². The zero-order chi connectivity index (χ0) is 14.7. The van der Waals surface area contributed by atoms with E-state index in [1.807, 2.05) is 0 Å². The lowest BCUT2D eigenvalue weighted by Crippen LogP contribution is -2.42. The third-order valence-corrected chi connectivity index (χ3v) is 5.82. The Kier molecular flexibility index (Phi) is 4.84. The molecule has 0 bridgehead atoms. The molecular weight excluding hydrogens is 276 g/mol. The minimum Gasteiger partial charge on any atom is -0.329 e. The normalized spacial score (nSPS) is 21.5. The van der Waals surface area contributed by atoms with Crippen molar-refractivity contribution in [3.05, 3.63) is 48.0 Å². The molecule has 1 aliphatic rings. The number of nitrogens with zero attached hydrogens (tertiary/aromatic N) is 1. The summed E-state index contributed by atoms with van der Waals surface area (Å²) < 4.78 is 0. The molecule has 1 aliphatic heterocycles. The predicted octanol–water partition coefficient (Wildman–Crippen LogP) is 3.67. The zero-order valence-corrected chi connectivity index (χ0v) is 13.5. The molecule has 0 radical (unpaired) electrons. The highest BCUT2D eigenvalue weighted by molar-refractivity contribution is 8.00. The van der Waals surface area contributed by atoms with Crippen LogP contribution in [0.1, 0.15) is 24.9 Å². The molecule has 2 aromatic rings. The molecule has 21 heavy (non-hydrogen) atoms. The Balaban J connectivity index is 1.86. The summed E-state index contributed by atoms with van der Waals surface area (Å²) in [6, 6.07) is 15.7. The molecule has 3 heteroatoms. The Morgan fingerprint density at radius 2 is 2.05 bits per heavy atom. The summed E-state index contributed by atoms with van der Waals surface area (Å²) in [5.41, 5.74) is 7.48. The van der Waals surface area contributed by atoms with Gasteiger partial charge in [-0.3, -0.25) is 4.90 Å². The van der Waals surface area contributed by atoms with Gasteiger partial charge in [0.2, 0.25) is 0 Å². The fourth-order valence-electron chi connectivity index (χ4n) is 3.18. The lowest BCUT2D eigenvalue weighted by Gasteiger charge is -2.37. The molecule has 0 spiro atoms. The first-order valence-electron chi connectivity index (χ1n) is 7.86. The van der Waals surface area contributed by atoms with Crippen molar-refractivity contribution in [1.29, 1.82) is 0 Å². The van der Waals surface area contributed by atoms with Crippen molar-refractivity contribution >= 4 is 22.5 Å². The van der Waals surface area contributed by atoms with E-state index in [1.165, 1.54) is 28.5 Å². The second kappa shape index (κ2) is 6.82. The molecule has 2 N–H and O–H groups in total. The first-order chi connectivity index (χ1) is 10.3. The monoisotopic (exact) mass is 300 g/mol. The third kappa shape index (κ3) is 3.25. The maximum absolute atomic E-state index is 6.12. The fraction of sp³-hybridized carbons (Fsp3) is 0.444. The van der Waals surface area contributed by atoms with Crippen LogP contribution < -0.4 is 5.73 Å². The first kappa shape index (κ1) is 14.9. The molecule has 0 saturated carbocycles. The van der Waals surface area contributed by atoms with E-state index < -0.39 is 0 Å². The molecule has 0 aliphatic carbocycles. The number of rotatable bonds is 4. The van der Waals surface area contributed by atoms with Crippen LogP contribution in [0.3, 0.4) is 0 Å². The highest BCUT2D eigenvalue weighted by Crippen LogP contribution is 2.29. The van der Waals surface area contributed by atoms with Gasteiger partial charge in [0.1, 0.15) is 0 Å². The van der Waals surface area contributed by atoms with E-state index in [-0.39, 0.29) is 0 Å². The highest BCUT2D eigenvalue weighted by Gasteiger charge is 2.25. The molecule has 1 saturated heterocycles. The van der Waals surface area contributed by atoms with E-state index in [4.69, 9.17) is 5.73 Å². The number of nitrogens with two attached hydrogens (primary N) is 1. The van der Waals surface area contributed by atoms with E-state index in [9.17, 15) is 0 Å². The second-order valence-corrected chi connectivity index (χ2v) is 7.16. The van der Waals surface area contributed by atoms with Crippen molar-refractivity contribution in [3.8, 4) is 0 Å². The van der Waals surface area contributed by atoms with Crippen LogP contribution >= 0.6 is 11.8 Å². The van der Waals surface area contributed by atoms with E-state index >= 15 is 0 Å². The average molecular weight is 300 g/mol. The number of hydrogen-bond acceptors (Lipinski definition) is 3. The summed E-state index contributed by atoms with van der Waals surface area (Å²) in [5.74, 6) is 1.22. The quantitative estimate of drug-likeness (QED) is 0.934. The summed E-state index contributed by atoms with van der Waals surface area (Å²) in [6.45, 7) is 5.29. The van der Waals surface area contributed by atoms with Gasteiger partial charge < -0.3 is 5.73 Å². The lowest BCUT2D eigenvalue weighted by molar-refractivity contribution is 0.208. The van der Waals surface area contributed by atoms with Crippen LogP contribution in [-0.4, -0.2) is 35.5 Å². The van der Waals surface area contributed by atoms with Gasteiger partial charge in [-0.15, -0.1) is 0 Å². The highest BCUT2D eigenvalue weighted by atomic mass is 32.2. The van der Waals surface area contributed by atoms with Gasteiger partial charge in [0.05, 0.1) is 0 Å².